The fraction of sp³-hybridized carbons (Fsp3) is 0.524. The average Bonchev–Trinajstić information content (AvgIpc) is 2.68. The highest BCUT2D eigenvalue weighted by molar-refractivity contribution is 14.0. The number of rotatable bonds is 8. The molecule has 1 amide bonds. The molecule has 162 valence electrons. The third-order valence-corrected chi connectivity index (χ3v) is 4.47. The number of carbonyl (C=O) groups is 1. The zero-order chi connectivity index (χ0) is 20.4. The van der Waals surface area contributed by atoms with E-state index < -0.39 is 0 Å². The molecule has 0 saturated carbocycles. The largest absolute Gasteiger partial charge is 0.489 e. The van der Waals surface area contributed by atoms with Gasteiger partial charge in [-0.15, -0.1) is 24.0 Å². The van der Waals surface area contributed by atoms with E-state index in [0.29, 0.717) is 19.7 Å². The maximum atomic E-state index is 11.9. The van der Waals surface area contributed by atoms with E-state index in [4.69, 9.17) is 4.74 Å². The molecular formula is C21H34IN5O2. The Balaban J connectivity index is 0.00000420. The number of aliphatic imine (C=N–C) groups is 1. The molecule has 1 aromatic rings. The van der Waals surface area contributed by atoms with Crippen molar-refractivity contribution in [2.24, 2.45) is 4.99 Å². The summed E-state index contributed by atoms with van der Waals surface area (Å²) < 4.78 is 5.72. The molecule has 0 unspecified atom stereocenters. The molecule has 0 atom stereocenters. The first-order chi connectivity index (χ1) is 13.5. The van der Waals surface area contributed by atoms with Crippen LogP contribution < -0.4 is 15.4 Å². The summed E-state index contributed by atoms with van der Waals surface area (Å²) in [5.74, 6) is 1.80. The maximum absolute atomic E-state index is 11.9. The monoisotopic (exact) mass is 515 g/mol. The second kappa shape index (κ2) is 13.4. The number of guanidine groups is 1. The zero-order valence-electron chi connectivity index (χ0n) is 17.7. The van der Waals surface area contributed by atoms with Crippen LogP contribution >= 0.6 is 24.0 Å². The molecule has 1 aliphatic heterocycles. The van der Waals surface area contributed by atoms with Gasteiger partial charge in [0.25, 0.3) is 0 Å². The quantitative estimate of drug-likeness (QED) is 0.240. The lowest BCUT2D eigenvalue weighted by Gasteiger charge is -2.36. The van der Waals surface area contributed by atoms with Crippen LogP contribution in [0.4, 0.5) is 0 Å². The first-order valence-corrected chi connectivity index (χ1v) is 9.82. The normalized spacial score (nSPS) is 14.9. The van der Waals surface area contributed by atoms with Crippen molar-refractivity contribution in [3.8, 4) is 5.75 Å². The van der Waals surface area contributed by atoms with Gasteiger partial charge in [0.2, 0.25) is 5.91 Å². The van der Waals surface area contributed by atoms with Crippen LogP contribution in [0.3, 0.4) is 0 Å². The van der Waals surface area contributed by atoms with E-state index in [1.807, 2.05) is 38.1 Å². The van der Waals surface area contributed by atoms with Gasteiger partial charge >= 0.3 is 0 Å². The number of carbonyl (C=O) groups excluding carboxylic acids is 1. The number of hydrogen-bond acceptors (Lipinski definition) is 4. The fourth-order valence-corrected chi connectivity index (χ4v) is 3.13. The summed E-state index contributed by atoms with van der Waals surface area (Å²) in [5.41, 5.74) is 1.08. The lowest BCUT2D eigenvalue weighted by Crippen LogP contribution is -2.54. The number of hydrogen-bond donors (Lipinski definition) is 2. The van der Waals surface area contributed by atoms with Crippen molar-refractivity contribution in [2.75, 3.05) is 46.4 Å². The van der Waals surface area contributed by atoms with Gasteiger partial charge in [-0.2, -0.15) is 0 Å². The Morgan fingerprint density at radius 2 is 1.97 bits per heavy atom. The number of amides is 1. The Kier molecular flexibility index (Phi) is 11.7. The van der Waals surface area contributed by atoms with Gasteiger partial charge in [0.05, 0.1) is 6.54 Å². The summed E-state index contributed by atoms with van der Waals surface area (Å²) in [6.45, 7) is 12.6. The molecule has 0 radical (unpaired) electrons. The molecule has 1 heterocycles. The van der Waals surface area contributed by atoms with Gasteiger partial charge in [0, 0.05) is 51.4 Å². The summed E-state index contributed by atoms with van der Waals surface area (Å²) in [6.07, 6.45) is 1.74. The van der Waals surface area contributed by atoms with Crippen LogP contribution in [-0.2, 0) is 11.3 Å². The van der Waals surface area contributed by atoms with Crippen molar-refractivity contribution in [2.45, 2.75) is 26.4 Å². The molecule has 0 aromatic heterocycles. The Labute approximate surface area is 191 Å². The number of piperazine rings is 1. The van der Waals surface area contributed by atoms with Crippen LogP contribution in [0.25, 0.3) is 0 Å². The number of benzene rings is 1. The smallest absolute Gasteiger partial charge is 0.234 e. The summed E-state index contributed by atoms with van der Waals surface area (Å²) in [6, 6.07) is 8.15. The van der Waals surface area contributed by atoms with Crippen molar-refractivity contribution < 1.29 is 9.53 Å². The van der Waals surface area contributed by atoms with Crippen LogP contribution in [0, 0.1) is 0 Å². The van der Waals surface area contributed by atoms with Crippen LogP contribution in [0.15, 0.2) is 41.9 Å². The molecule has 1 fully saturated rings. The first kappa shape index (κ1) is 25.2. The van der Waals surface area contributed by atoms with E-state index in [1.165, 1.54) is 0 Å². The minimum absolute atomic E-state index is 0. The topological polar surface area (TPSA) is 69.2 Å². The molecule has 2 rings (SSSR count). The molecule has 1 aromatic carbocycles. The average molecular weight is 515 g/mol. The lowest BCUT2D eigenvalue weighted by molar-refractivity contribution is -0.123. The minimum Gasteiger partial charge on any atom is -0.489 e. The van der Waals surface area contributed by atoms with Gasteiger partial charge in [-0.1, -0.05) is 30.9 Å². The summed E-state index contributed by atoms with van der Waals surface area (Å²) in [4.78, 5) is 20.8. The molecular weight excluding hydrogens is 481 g/mol. The van der Waals surface area contributed by atoms with Crippen molar-refractivity contribution >= 4 is 35.8 Å². The van der Waals surface area contributed by atoms with E-state index in [2.05, 4.69) is 32.0 Å². The highest BCUT2D eigenvalue weighted by Gasteiger charge is 2.21. The molecule has 8 heteroatoms. The van der Waals surface area contributed by atoms with Gasteiger partial charge in [-0.25, -0.2) is 0 Å². The Morgan fingerprint density at radius 1 is 1.28 bits per heavy atom. The molecule has 2 N–H and O–H groups in total. The second-order valence-corrected chi connectivity index (χ2v) is 7.09. The zero-order valence-corrected chi connectivity index (χ0v) is 20.0. The van der Waals surface area contributed by atoms with Gasteiger partial charge in [0.1, 0.15) is 12.4 Å². The van der Waals surface area contributed by atoms with Crippen LogP contribution in [0.2, 0.25) is 0 Å². The molecule has 0 aliphatic carbocycles. The Morgan fingerprint density at radius 3 is 2.59 bits per heavy atom. The highest BCUT2D eigenvalue weighted by Crippen LogP contribution is 2.17. The summed E-state index contributed by atoms with van der Waals surface area (Å²) in [5, 5.41) is 6.37. The predicted molar refractivity (Wildman–Crippen MR) is 129 cm³/mol. The highest BCUT2D eigenvalue weighted by atomic mass is 127. The van der Waals surface area contributed by atoms with Crippen molar-refractivity contribution in [1.29, 1.82) is 0 Å². The number of halogens is 1. The van der Waals surface area contributed by atoms with Gasteiger partial charge in [-0.05, 0) is 19.9 Å². The van der Waals surface area contributed by atoms with Crippen LogP contribution in [-0.4, -0.2) is 74.1 Å². The Bertz CT molecular complexity index is 673. The summed E-state index contributed by atoms with van der Waals surface area (Å²) >= 11 is 0. The fourth-order valence-electron chi connectivity index (χ4n) is 3.13. The molecule has 0 bridgehead atoms. The van der Waals surface area contributed by atoms with Gasteiger partial charge in [-0.3, -0.25) is 14.7 Å². The molecule has 29 heavy (non-hydrogen) atoms. The van der Waals surface area contributed by atoms with E-state index >= 15 is 0 Å². The van der Waals surface area contributed by atoms with Crippen molar-refractivity contribution in [3.05, 3.63) is 42.5 Å². The predicted octanol–water partition coefficient (Wildman–Crippen LogP) is 2.09. The number of nitrogens with zero attached hydrogens (tertiary/aromatic N) is 3. The van der Waals surface area contributed by atoms with E-state index in [9.17, 15) is 4.79 Å². The minimum atomic E-state index is 0. The molecule has 7 nitrogen and oxygen atoms in total. The second-order valence-electron chi connectivity index (χ2n) is 7.09. The standard InChI is InChI=1S/C21H33N5O2.HI/c1-5-14-28-19-9-7-6-8-18(19)15-23-21(22-4)26-12-10-25(11-13-26)16-20(27)24-17(2)3;/h5-9,17H,1,10-16H2,2-4H3,(H,22,23)(H,24,27);1H. The number of nitrogens with one attached hydrogen (secondary N) is 2. The van der Waals surface area contributed by atoms with E-state index in [-0.39, 0.29) is 35.9 Å². The third-order valence-electron chi connectivity index (χ3n) is 4.47. The number of para-hydroxylation sites is 1. The van der Waals surface area contributed by atoms with Crippen LogP contribution in [0.5, 0.6) is 5.75 Å². The van der Waals surface area contributed by atoms with Crippen molar-refractivity contribution in [3.63, 3.8) is 0 Å². The molecule has 1 saturated heterocycles. The van der Waals surface area contributed by atoms with E-state index in [1.54, 1.807) is 13.1 Å². The SMILES string of the molecule is C=CCOc1ccccc1CNC(=NC)N1CCN(CC(=O)NC(C)C)CC1.I. The summed E-state index contributed by atoms with van der Waals surface area (Å²) in [7, 11) is 1.80. The van der Waals surface area contributed by atoms with E-state index in [0.717, 1.165) is 43.5 Å². The first-order valence-electron chi connectivity index (χ1n) is 9.82. The maximum Gasteiger partial charge on any atom is 0.234 e. The molecule has 0 spiro atoms. The van der Waals surface area contributed by atoms with Gasteiger partial charge < -0.3 is 20.3 Å². The van der Waals surface area contributed by atoms with Crippen LogP contribution in [0.1, 0.15) is 19.4 Å². The third kappa shape index (κ3) is 8.61. The van der Waals surface area contributed by atoms with Crippen molar-refractivity contribution in [1.82, 2.24) is 20.4 Å². The molecule has 1 aliphatic rings. The number of ether oxygens (including phenoxy) is 1. The Hall–Kier alpha value is -1.81. The lowest BCUT2D eigenvalue weighted by atomic mass is 10.2. The van der Waals surface area contributed by atoms with Gasteiger partial charge in [0.15, 0.2) is 5.96 Å².